The zero-order valence-corrected chi connectivity index (χ0v) is 13.5. The smallest absolute Gasteiger partial charge is 0.250 e. The SMILES string of the molecule is NC(=O)c1cc2c(nc1CCC1COc3ccccc3O1)CCC2. The van der Waals surface area contributed by atoms with Crippen LogP contribution in [0.2, 0.25) is 0 Å². The third kappa shape index (κ3) is 2.82. The lowest BCUT2D eigenvalue weighted by Gasteiger charge is -2.26. The van der Waals surface area contributed by atoms with Crippen LogP contribution in [-0.2, 0) is 19.3 Å². The molecule has 0 fully saturated rings. The normalized spacial score (nSPS) is 18.2. The van der Waals surface area contributed by atoms with Crippen LogP contribution in [0.1, 0.15) is 40.2 Å². The topological polar surface area (TPSA) is 74.4 Å². The van der Waals surface area contributed by atoms with Crippen LogP contribution in [-0.4, -0.2) is 23.6 Å². The zero-order valence-electron chi connectivity index (χ0n) is 13.5. The van der Waals surface area contributed by atoms with Gasteiger partial charge in [-0.25, -0.2) is 0 Å². The molecule has 5 heteroatoms. The first-order valence-corrected chi connectivity index (χ1v) is 8.40. The monoisotopic (exact) mass is 324 g/mol. The number of hydrogen-bond donors (Lipinski definition) is 1. The van der Waals surface area contributed by atoms with Gasteiger partial charge in [0, 0.05) is 5.69 Å². The third-order valence-corrected chi connectivity index (χ3v) is 4.67. The van der Waals surface area contributed by atoms with Crippen molar-refractivity contribution in [3.05, 3.63) is 52.8 Å². The number of benzene rings is 1. The fraction of sp³-hybridized carbons (Fsp3) is 0.368. The van der Waals surface area contributed by atoms with Crippen molar-refractivity contribution in [2.24, 2.45) is 5.73 Å². The van der Waals surface area contributed by atoms with Crippen molar-refractivity contribution >= 4 is 5.91 Å². The fourth-order valence-corrected chi connectivity index (χ4v) is 3.42. The van der Waals surface area contributed by atoms with Gasteiger partial charge in [0.05, 0.1) is 11.3 Å². The van der Waals surface area contributed by atoms with Crippen molar-refractivity contribution in [2.45, 2.75) is 38.2 Å². The Balaban J connectivity index is 1.49. The number of primary amides is 1. The molecule has 0 bridgehead atoms. The number of hydrogen-bond acceptors (Lipinski definition) is 4. The van der Waals surface area contributed by atoms with Crippen LogP contribution < -0.4 is 15.2 Å². The Hall–Kier alpha value is -2.56. The minimum absolute atomic E-state index is 0.0457. The van der Waals surface area contributed by atoms with Gasteiger partial charge in [-0.05, 0) is 55.9 Å². The Morgan fingerprint density at radius 1 is 1.25 bits per heavy atom. The molecular weight excluding hydrogens is 304 g/mol. The summed E-state index contributed by atoms with van der Waals surface area (Å²) in [5.41, 5.74) is 9.16. The lowest BCUT2D eigenvalue weighted by Crippen LogP contribution is -2.30. The number of amides is 1. The highest BCUT2D eigenvalue weighted by Crippen LogP contribution is 2.32. The second-order valence-corrected chi connectivity index (χ2v) is 6.34. The predicted molar refractivity (Wildman–Crippen MR) is 89.5 cm³/mol. The third-order valence-electron chi connectivity index (χ3n) is 4.67. The summed E-state index contributed by atoms with van der Waals surface area (Å²) in [7, 11) is 0. The molecule has 2 aromatic rings. The summed E-state index contributed by atoms with van der Waals surface area (Å²) in [6.07, 6.45) is 4.41. The summed E-state index contributed by atoms with van der Waals surface area (Å²) in [4.78, 5) is 16.5. The second kappa shape index (κ2) is 6.15. The van der Waals surface area contributed by atoms with Crippen molar-refractivity contribution in [1.29, 1.82) is 0 Å². The number of nitrogens with two attached hydrogens (primary N) is 1. The standard InChI is InChI=1S/C19H20N2O3/c20-19(22)14-10-12-4-3-5-15(12)21-16(14)9-8-13-11-23-17-6-1-2-7-18(17)24-13/h1-2,6-7,10,13H,3-5,8-9,11H2,(H2,20,22). The molecule has 5 nitrogen and oxygen atoms in total. The highest BCUT2D eigenvalue weighted by molar-refractivity contribution is 5.94. The Morgan fingerprint density at radius 3 is 2.92 bits per heavy atom. The quantitative estimate of drug-likeness (QED) is 0.937. The number of carbonyl (C=O) groups excluding carboxylic acids is 1. The maximum Gasteiger partial charge on any atom is 0.250 e. The number of pyridine rings is 1. The van der Waals surface area contributed by atoms with E-state index >= 15 is 0 Å². The Morgan fingerprint density at radius 2 is 2.08 bits per heavy atom. The lowest BCUT2D eigenvalue weighted by atomic mass is 10.0. The van der Waals surface area contributed by atoms with Crippen molar-refractivity contribution < 1.29 is 14.3 Å². The minimum atomic E-state index is -0.404. The van der Waals surface area contributed by atoms with E-state index in [4.69, 9.17) is 20.2 Å². The molecule has 2 N–H and O–H groups in total. The van der Waals surface area contributed by atoms with E-state index < -0.39 is 5.91 Å². The number of rotatable bonds is 4. The van der Waals surface area contributed by atoms with Gasteiger partial charge in [-0.3, -0.25) is 9.78 Å². The maximum absolute atomic E-state index is 11.8. The molecule has 2 aliphatic rings. The number of nitrogens with zero attached hydrogens (tertiary/aromatic N) is 1. The summed E-state index contributed by atoms with van der Waals surface area (Å²) < 4.78 is 11.7. The predicted octanol–water partition coefficient (Wildman–Crippen LogP) is 2.44. The van der Waals surface area contributed by atoms with Crippen LogP contribution in [0.25, 0.3) is 0 Å². The van der Waals surface area contributed by atoms with Crippen LogP contribution in [0.5, 0.6) is 11.5 Å². The van der Waals surface area contributed by atoms with Crippen molar-refractivity contribution in [2.75, 3.05) is 6.61 Å². The second-order valence-electron chi connectivity index (χ2n) is 6.34. The molecule has 1 amide bonds. The number of carbonyl (C=O) groups is 1. The summed E-state index contributed by atoms with van der Waals surface area (Å²) in [6.45, 7) is 0.508. The van der Waals surface area contributed by atoms with Gasteiger partial charge in [0.15, 0.2) is 11.5 Å². The molecule has 24 heavy (non-hydrogen) atoms. The first-order chi connectivity index (χ1) is 11.7. The Kier molecular flexibility index (Phi) is 3.84. The van der Waals surface area contributed by atoms with Gasteiger partial charge < -0.3 is 15.2 Å². The first kappa shape index (κ1) is 15.0. The van der Waals surface area contributed by atoms with Gasteiger partial charge in [0.1, 0.15) is 12.7 Å². The molecule has 2 heterocycles. The molecule has 4 rings (SSSR count). The average molecular weight is 324 g/mol. The van der Waals surface area contributed by atoms with Crippen molar-refractivity contribution in [3.8, 4) is 11.5 Å². The molecule has 124 valence electrons. The highest BCUT2D eigenvalue weighted by Gasteiger charge is 2.23. The minimum Gasteiger partial charge on any atom is -0.486 e. The number of ether oxygens (including phenoxy) is 2. The van der Waals surface area contributed by atoms with E-state index in [-0.39, 0.29) is 6.10 Å². The van der Waals surface area contributed by atoms with Gasteiger partial charge in [-0.1, -0.05) is 12.1 Å². The molecule has 0 spiro atoms. The van der Waals surface area contributed by atoms with Crippen LogP contribution in [0.4, 0.5) is 0 Å². The molecule has 1 aliphatic carbocycles. The highest BCUT2D eigenvalue weighted by atomic mass is 16.6. The van der Waals surface area contributed by atoms with E-state index in [1.807, 2.05) is 30.3 Å². The lowest BCUT2D eigenvalue weighted by molar-refractivity contribution is 0.0847. The van der Waals surface area contributed by atoms with Gasteiger partial charge in [-0.15, -0.1) is 0 Å². The van der Waals surface area contributed by atoms with Gasteiger partial charge in [0.25, 0.3) is 5.91 Å². The number of aryl methyl sites for hydroxylation is 3. The first-order valence-electron chi connectivity index (χ1n) is 8.40. The molecule has 1 aliphatic heterocycles. The Bertz CT molecular complexity index is 788. The average Bonchev–Trinajstić information content (AvgIpc) is 3.06. The summed E-state index contributed by atoms with van der Waals surface area (Å²) in [5.74, 6) is 1.14. The summed E-state index contributed by atoms with van der Waals surface area (Å²) >= 11 is 0. The van der Waals surface area contributed by atoms with E-state index in [1.54, 1.807) is 0 Å². The zero-order chi connectivity index (χ0) is 16.5. The van der Waals surface area contributed by atoms with E-state index in [1.165, 1.54) is 5.56 Å². The molecule has 1 unspecified atom stereocenters. The number of para-hydroxylation sites is 2. The molecule has 0 saturated carbocycles. The Labute approximate surface area is 140 Å². The summed E-state index contributed by atoms with van der Waals surface area (Å²) in [5, 5.41) is 0. The molecule has 0 saturated heterocycles. The fourth-order valence-electron chi connectivity index (χ4n) is 3.42. The maximum atomic E-state index is 11.8. The molecule has 1 atom stereocenters. The summed E-state index contributed by atoms with van der Waals surface area (Å²) in [6, 6.07) is 9.59. The van der Waals surface area contributed by atoms with Crippen molar-refractivity contribution in [3.63, 3.8) is 0 Å². The van der Waals surface area contributed by atoms with Crippen LogP contribution in [0.3, 0.4) is 0 Å². The van der Waals surface area contributed by atoms with Crippen molar-refractivity contribution in [1.82, 2.24) is 4.98 Å². The van der Waals surface area contributed by atoms with Crippen LogP contribution in [0, 0.1) is 0 Å². The molecule has 1 aromatic heterocycles. The van der Waals surface area contributed by atoms with E-state index in [0.717, 1.165) is 48.6 Å². The van der Waals surface area contributed by atoms with Gasteiger partial charge in [0.2, 0.25) is 0 Å². The van der Waals surface area contributed by atoms with Gasteiger partial charge >= 0.3 is 0 Å². The van der Waals surface area contributed by atoms with E-state index in [2.05, 4.69) is 0 Å². The molecule has 1 aromatic carbocycles. The van der Waals surface area contributed by atoms with Crippen LogP contribution >= 0.6 is 0 Å². The molecule has 0 radical (unpaired) electrons. The van der Waals surface area contributed by atoms with E-state index in [9.17, 15) is 4.79 Å². The number of fused-ring (bicyclic) bond motifs is 2. The van der Waals surface area contributed by atoms with E-state index in [0.29, 0.717) is 18.6 Å². The molecular formula is C19H20N2O3. The van der Waals surface area contributed by atoms with Gasteiger partial charge in [-0.2, -0.15) is 0 Å². The number of aromatic nitrogens is 1. The van der Waals surface area contributed by atoms with Crippen LogP contribution in [0.15, 0.2) is 30.3 Å². The largest absolute Gasteiger partial charge is 0.486 e.